The van der Waals surface area contributed by atoms with Crippen LogP contribution in [0.15, 0.2) is 34.1 Å². The summed E-state index contributed by atoms with van der Waals surface area (Å²) >= 11 is 11.3. The van der Waals surface area contributed by atoms with E-state index in [-0.39, 0.29) is 0 Å². The van der Waals surface area contributed by atoms with Gasteiger partial charge in [0.25, 0.3) is 0 Å². The molecule has 0 radical (unpaired) electrons. The van der Waals surface area contributed by atoms with Crippen LogP contribution < -0.4 is 5.32 Å². The van der Waals surface area contributed by atoms with Gasteiger partial charge in [-0.25, -0.2) is 0 Å². The Bertz CT molecular complexity index is 475. The first-order chi connectivity index (χ1) is 7.66. The largest absolute Gasteiger partial charge is 0.379 e. The molecule has 16 heavy (non-hydrogen) atoms. The van der Waals surface area contributed by atoms with Crippen molar-refractivity contribution in [2.45, 2.75) is 13.5 Å². The van der Waals surface area contributed by atoms with Gasteiger partial charge in [-0.1, -0.05) is 23.7 Å². The zero-order chi connectivity index (χ0) is 11.5. The molecular formula is C12H11BrClNS. The van der Waals surface area contributed by atoms with Gasteiger partial charge in [0.15, 0.2) is 0 Å². The van der Waals surface area contributed by atoms with Crippen molar-refractivity contribution in [2.24, 2.45) is 0 Å². The minimum absolute atomic E-state index is 0.774. The van der Waals surface area contributed by atoms with Crippen LogP contribution in [-0.2, 0) is 6.54 Å². The molecule has 1 nitrogen and oxygen atoms in total. The van der Waals surface area contributed by atoms with Crippen molar-refractivity contribution in [1.82, 2.24) is 0 Å². The highest BCUT2D eigenvalue weighted by atomic mass is 79.9. The summed E-state index contributed by atoms with van der Waals surface area (Å²) in [6.07, 6.45) is 0. The van der Waals surface area contributed by atoms with Gasteiger partial charge in [-0.05, 0) is 40.5 Å². The molecule has 0 aliphatic carbocycles. The maximum absolute atomic E-state index is 6.13. The van der Waals surface area contributed by atoms with Gasteiger partial charge in [-0.15, -0.1) is 11.3 Å². The molecule has 1 aromatic carbocycles. The van der Waals surface area contributed by atoms with Crippen molar-refractivity contribution in [3.8, 4) is 0 Å². The normalized spacial score (nSPS) is 10.4. The molecule has 1 N–H and O–H groups in total. The van der Waals surface area contributed by atoms with E-state index >= 15 is 0 Å². The first-order valence-electron chi connectivity index (χ1n) is 4.88. The maximum Gasteiger partial charge on any atom is 0.0640 e. The second-order valence-electron chi connectivity index (χ2n) is 3.52. The standard InChI is InChI=1S/C12H11BrClNS/c1-8-3-2-4-11(14)12(8)15-6-10-5-9(13)7-16-10/h2-5,7,15H,6H2,1H3. The van der Waals surface area contributed by atoms with E-state index in [1.165, 1.54) is 10.4 Å². The Balaban J connectivity index is 2.10. The molecule has 0 bridgehead atoms. The highest BCUT2D eigenvalue weighted by molar-refractivity contribution is 9.10. The molecule has 2 rings (SSSR count). The Kier molecular flexibility index (Phi) is 3.90. The Hall–Kier alpha value is -0.510. The van der Waals surface area contributed by atoms with E-state index in [0.29, 0.717) is 0 Å². The molecule has 0 aliphatic heterocycles. The van der Waals surface area contributed by atoms with E-state index < -0.39 is 0 Å². The lowest BCUT2D eigenvalue weighted by atomic mass is 10.2. The van der Waals surface area contributed by atoms with Crippen LogP contribution in [0.5, 0.6) is 0 Å². The Labute approximate surface area is 113 Å². The fourth-order valence-corrected chi connectivity index (χ4v) is 3.16. The molecule has 0 amide bonds. The third kappa shape index (κ3) is 2.78. The van der Waals surface area contributed by atoms with E-state index in [1.807, 2.05) is 12.1 Å². The number of anilines is 1. The lowest BCUT2D eigenvalue weighted by molar-refractivity contribution is 1.18. The summed E-state index contributed by atoms with van der Waals surface area (Å²) in [4.78, 5) is 1.28. The molecule has 0 aliphatic rings. The van der Waals surface area contributed by atoms with Gasteiger partial charge in [0.05, 0.1) is 10.7 Å². The summed E-state index contributed by atoms with van der Waals surface area (Å²) < 4.78 is 1.13. The highest BCUT2D eigenvalue weighted by Crippen LogP contribution is 2.27. The van der Waals surface area contributed by atoms with Crippen molar-refractivity contribution in [2.75, 3.05) is 5.32 Å². The van der Waals surface area contributed by atoms with Gasteiger partial charge >= 0.3 is 0 Å². The van der Waals surface area contributed by atoms with Crippen LogP contribution in [0.3, 0.4) is 0 Å². The summed E-state index contributed by atoms with van der Waals surface area (Å²) in [7, 11) is 0. The summed E-state index contributed by atoms with van der Waals surface area (Å²) in [5, 5.41) is 6.22. The van der Waals surface area contributed by atoms with Gasteiger partial charge < -0.3 is 5.32 Å². The predicted octanol–water partition coefficient (Wildman–Crippen LogP) is 5.08. The molecule has 84 valence electrons. The molecule has 1 heterocycles. The van der Waals surface area contributed by atoms with E-state index in [9.17, 15) is 0 Å². The number of rotatable bonds is 3. The monoisotopic (exact) mass is 315 g/mol. The van der Waals surface area contributed by atoms with Crippen molar-refractivity contribution in [1.29, 1.82) is 0 Å². The van der Waals surface area contributed by atoms with Crippen LogP contribution >= 0.6 is 38.9 Å². The number of halogens is 2. The molecule has 4 heteroatoms. The Morgan fingerprint density at radius 1 is 1.44 bits per heavy atom. The van der Waals surface area contributed by atoms with E-state index in [2.05, 4.69) is 45.7 Å². The average Bonchev–Trinajstić information content (AvgIpc) is 2.63. The maximum atomic E-state index is 6.13. The Morgan fingerprint density at radius 3 is 2.88 bits per heavy atom. The number of hydrogen-bond acceptors (Lipinski definition) is 2. The summed E-state index contributed by atoms with van der Waals surface area (Å²) in [5.41, 5.74) is 2.19. The van der Waals surface area contributed by atoms with Crippen molar-refractivity contribution < 1.29 is 0 Å². The number of thiophene rings is 1. The third-order valence-corrected chi connectivity index (χ3v) is 4.30. The van der Waals surface area contributed by atoms with Gasteiger partial charge in [-0.3, -0.25) is 0 Å². The first kappa shape index (κ1) is 12.0. The van der Waals surface area contributed by atoms with Gasteiger partial charge in [0.2, 0.25) is 0 Å². The van der Waals surface area contributed by atoms with E-state index in [0.717, 1.165) is 21.7 Å². The van der Waals surface area contributed by atoms with E-state index in [4.69, 9.17) is 11.6 Å². The summed E-state index contributed by atoms with van der Waals surface area (Å²) in [5.74, 6) is 0. The highest BCUT2D eigenvalue weighted by Gasteiger charge is 2.03. The van der Waals surface area contributed by atoms with Gasteiger partial charge in [-0.2, -0.15) is 0 Å². The molecule has 0 atom stereocenters. The minimum Gasteiger partial charge on any atom is -0.379 e. The zero-order valence-electron chi connectivity index (χ0n) is 8.76. The summed E-state index contributed by atoms with van der Waals surface area (Å²) in [6.45, 7) is 2.86. The van der Waals surface area contributed by atoms with Crippen molar-refractivity contribution >= 4 is 44.6 Å². The SMILES string of the molecule is Cc1cccc(Cl)c1NCc1cc(Br)cs1. The van der Waals surface area contributed by atoms with Crippen LogP contribution in [-0.4, -0.2) is 0 Å². The molecule has 0 spiro atoms. The Morgan fingerprint density at radius 2 is 2.25 bits per heavy atom. The zero-order valence-corrected chi connectivity index (χ0v) is 11.9. The van der Waals surface area contributed by atoms with E-state index in [1.54, 1.807) is 11.3 Å². The van der Waals surface area contributed by atoms with Crippen molar-refractivity contribution in [3.05, 3.63) is 49.6 Å². The summed E-state index contributed by atoms with van der Waals surface area (Å²) in [6, 6.07) is 8.04. The molecular weight excluding hydrogens is 306 g/mol. The first-order valence-corrected chi connectivity index (χ1v) is 6.94. The number of para-hydroxylation sites is 1. The molecule has 2 aromatic rings. The smallest absolute Gasteiger partial charge is 0.0640 e. The van der Waals surface area contributed by atoms with Crippen LogP contribution in [0.1, 0.15) is 10.4 Å². The minimum atomic E-state index is 0.774. The third-order valence-electron chi connectivity index (χ3n) is 2.28. The number of nitrogens with one attached hydrogen (secondary N) is 1. The van der Waals surface area contributed by atoms with Crippen LogP contribution in [0.25, 0.3) is 0 Å². The fourth-order valence-electron chi connectivity index (χ4n) is 1.48. The topological polar surface area (TPSA) is 12.0 Å². The van der Waals surface area contributed by atoms with Gasteiger partial charge in [0, 0.05) is 21.3 Å². The fraction of sp³-hybridized carbons (Fsp3) is 0.167. The predicted molar refractivity (Wildman–Crippen MR) is 75.5 cm³/mol. The van der Waals surface area contributed by atoms with Gasteiger partial charge in [0.1, 0.15) is 0 Å². The number of aryl methyl sites for hydroxylation is 1. The molecule has 0 unspecified atom stereocenters. The lowest BCUT2D eigenvalue weighted by Crippen LogP contribution is -1.99. The van der Waals surface area contributed by atoms with Crippen LogP contribution in [0, 0.1) is 6.92 Å². The number of benzene rings is 1. The lowest BCUT2D eigenvalue weighted by Gasteiger charge is -2.10. The second kappa shape index (κ2) is 5.21. The molecule has 0 fully saturated rings. The number of hydrogen-bond donors (Lipinski definition) is 1. The average molecular weight is 317 g/mol. The second-order valence-corrected chi connectivity index (χ2v) is 5.84. The van der Waals surface area contributed by atoms with Crippen molar-refractivity contribution in [3.63, 3.8) is 0 Å². The molecule has 0 saturated carbocycles. The molecule has 0 saturated heterocycles. The van der Waals surface area contributed by atoms with Crippen LogP contribution in [0.2, 0.25) is 5.02 Å². The van der Waals surface area contributed by atoms with Crippen LogP contribution in [0.4, 0.5) is 5.69 Å². The molecule has 1 aromatic heterocycles. The quantitative estimate of drug-likeness (QED) is 0.832.